The first kappa shape index (κ1) is 13.5. The normalized spacial score (nSPS) is 13.0. The van der Waals surface area contributed by atoms with Crippen molar-refractivity contribution >= 4 is 11.6 Å². The molecule has 1 aromatic carbocycles. The molecule has 4 nitrogen and oxygen atoms in total. The Labute approximate surface area is 103 Å². The molecule has 0 heterocycles. The van der Waals surface area contributed by atoms with E-state index < -0.39 is 0 Å². The van der Waals surface area contributed by atoms with Crippen LogP contribution in [0.1, 0.15) is 19.4 Å². The zero-order valence-corrected chi connectivity index (χ0v) is 10.7. The number of hydrogen-bond donors (Lipinski definition) is 2. The fourth-order valence-electron chi connectivity index (χ4n) is 2.06. The molecule has 1 atom stereocenters. The van der Waals surface area contributed by atoms with Gasteiger partial charge in [-0.05, 0) is 30.7 Å². The Morgan fingerprint density at radius 3 is 2.24 bits per heavy atom. The standard InChI is InChI=1S/C13H21N3O/c1-9(2)12(13(15)17)16(3)8-10-4-6-11(14)7-5-10/h4-7,9,12H,8,14H2,1-3H3,(H2,15,17). The summed E-state index contributed by atoms with van der Waals surface area (Å²) in [6.07, 6.45) is 0. The van der Waals surface area contributed by atoms with Crippen LogP contribution in [0, 0.1) is 5.92 Å². The average molecular weight is 235 g/mol. The minimum absolute atomic E-state index is 0.200. The molecule has 0 aliphatic rings. The summed E-state index contributed by atoms with van der Waals surface area (Å²) in [6.45, 7) is 4.68. The Hall–Kier alpha value is -1.55. The molecule has 0 spiro atoms. The van der Waals surface area contributed by atoms with Gasteiger partial charge in [-0.15, -0.1) is 0 Å². The van der Waals surface area contributed by atoms with E-state index in [9.17, 15) is 4.79 Å². The molecule has 0 saturated carbocycles. The van der Waals surface area contributed by atoms with Crippen molar-refractivity contribution in [3.8, 4) is 0 Å². The van der Waals surface area contributed by atoms with Gasteiger partial charge in [-0.2, -0.15) is 0 Å². The van der Waals surface area contributed by atoms with E-state index in [1.807, 2.05) is 50.1 Å². The number of carbonyl (C=O) groups excluding carboxylic acids is 1. The Balaban J connectivity index is 2.73. The van der Waals surface area contributed by atoms with E-state index in [0.29, 0.717) is 6.54 Å². The molecule has 1 aromatic rings. The van der Waals surface area contributed by atoms with E-state index in [1.165, 1.54) is 0 Å². The highest BCUT2D eigenvalue weighted by Gasteiger charge is 2.23. The molecule has 1 amide bonds. The van der Waals surface area contributed by atoms with Crippen LogP contribution < -0.4 is 11.5 Å². The summed E-state index contributed by atoms with van der Waals surface area (Å²) in [6, 6.07) is 7.40. The largest absolute Gasteiger partial charge is 0.399 e. The summed E-state index contributed by atoms with van der Waals surface area (Å²) < 4.78 is 0. The van der Waals surface area contributed by atoms with Crippen molar-refractivity contribution in [2.75, 3.05) is 12.8 Å². The van der Waals surface area contributed by atoms with Crippen molar-refractivity contribution < 1.29 is 4.79 Å². The Bertz CT molecular complexity index is 373. The first-order chi connectivity index (χ1) is 7.91. The number of likely N-dealkylation sites (N-methyl/N-ethyl adjacent to an activating group) is 1. The Morgan fingerprint density at radius 1 is 1.29 bits per heavy atom. The van der Waals surface area contributed by atoms with E-state index in [0.717, 1.165) is 11.3 Å². The molecule has 0 aromatic heterocycles. The smallest absolute Gasteiger partial charge is 0.235 e. The third-order valence-electron chi connectivity index (χ3n) is 2.81. The van der Waals surface area contributed by atoms with Gasteiger partial charge in [0.05, 0.1) is 6.04 Å². The third-order valence-corrected chi connectivity index (χ3v) is 2.81. The molecule has 4 N–H and O–H groups in total. The summed E-state index contributed by atoms with van der Waals surface area (Å²) in [5, 5.41) is 0. The molecule has 4 heteroatoms. The fourth-order valence-corrected chi connectivity index (χ4v) is 2.06. The van der Waals surface area contributed by atoms with Crippen LogP contribution in [0.25, 0.3) is 0 Å². The van der Waals surface area contributed by atoms with Crippen molar-refractivity contribution in [2.45, 2.75) is 26.4 Å². The topological polar surface area (TPSA) is 72.4 Å². The predicted molar refractivity (Wildman–Crippen MR) is 70.1 cm³/mol. The van der Waals surface area contributed by atoms with Crippen LogP contribution in [0.15, 0.2) is 24.3 Å². The maximum atomic E-state index is 11.4. The van der Waals surface area contributed by atoms with Gasteiger partial charge in [-0.1, -0.05) is 26.0 Å². The number of nitrogens with two attached hydrogens (primary N) is 2. The summed E-state index contributed by atoms with van der Waals surface area (Å²) >= 11 is 0. The van der Waals surface area contributed by atoms with E-state index >= 15 is 0 Å². The highest BCUT2D eigenvalue weighted by atomic mass is 16.1. The summed E-state index contributed by atoms with van der Waals surface area (Å²) in [5.74, 6) is -0.0794. The first-order valence-corrected chi connectivity index (χ1v) is 5.75. The van der Waals surface area contributed by atoms with Gasteiger partial charge in [0.25, 0.3) is 0 Å². The van der Waals surface area contributed by atoms with E-state index in [1.54, 1.807) is 0 Å². The molecule has 0 aliphatic carbocycles. The number of rotatable bonds is 5. The van der Waals surface area contributed by atoms with Crippen molar-refractivity contribution in [2.24, 2.45) is 11.7 Å². The highest BCUT2D eigenvalue weighted by molar-refractivity contribution is 5.80. The number of nitrogen functional groups attached to an aromatic ring is 1. The maximum absolute atomic E-state index is 11.4. The first-order valence-electron chi connectivity index (χ1n) is 5.75. The molecule has 0 aliphatic heterocycles. The molecule has 17 heavy (non-hydrogen) atoms. The number of nitrogens with zero attached hydrogens (tertiary/aromatic N) is 1. The van der Waals surface area contributed by atoms with Crippen molar-refractivity contribution in [1.82, 2.24) is 4.90 Å². The molecule has 1 rings (SSSR count). The third kappa shape index (κ3) is 3.75. The van der Waals surface area contributed by atoms with Gasteiger partial charge in [0.1, 0.15) is 0 Å². The minimum atomic E-state index is -0.280. The van der Waals surface area contributed by atoms with Gasteiger partial charge in [0, 0.05) is 12.2 Å². The molecule has 0 radical (unpaired) electrons. The second kappa shape index (κ2) is 5.68. The number of anilines is 1. The number of hydrogen-bond acceptors (Lipinski definition) is 3. The van der Waals surface area contributed by atoms with Gasteiger partial charge in [-0.25, -0.2) is 0 Å². The van der Waals surface area contributed by atoms with Gasteiger partial charge >= 0.3 is 0 Å². The molecular weight excluding hydrogens is 214 g/mol. The van der Waals surface area contributed by atoms with Gasteiger partial charge in [0.2, 0.25) is 5.91 Å². The van der Waals surface area contributed by atoms with Crippen LogP contribution in [-0.4, -0.2) is 23.9 Å². The second-order valence-electron chi connectivity index (χ2n) is 4.75. The molecule has 1 unspecified atom stereocenters. The predicted octanol–water partition coefficient (Wildman–Crippen LogP) is 1.21. The molecule has 94 valence electrons. The van der Waals surface area contributed by atoms with Gasteiger partial charge in [-0.3, -0.25) is 9.69 Å². The Kier molecular flexibility index (Phi) is 4.52. The van der Waals surface area contributed by atoms with Crippen LogP contribution in [-0.2, 0) is 11.3 Å². The molecule has 0 saturated heterocycles. The molecular formula is C13H21N3O. The zero-order valence-electron chi connectivity index (χ0n) is 10.7. The van der Waals surface area contributed by atoms with Crippen molar-refractivity contribution in [3.63, 3.8) is 0 Å². The Morgan fingerprint density at radius 2 is 1.82 bits per heavy atom. The quantitative estimate of drug-likeness (QED) is 0.753. The second-order valence-corrected chi connectivity index (χ2v) is 4.75. The summed E-state index contributed by atoms with van der Waals surface area (Å²) in [5.41, 5.74) is 12.9. The van der Waals surface area contributed by atoms with Crippen LogP contribution in [0.5, 0.6) is 0 Å². The number of carbonyl (C=O) groups is 1. The summed E-state index contributed by atoms with van der Waals surface area (Å²) in [4.78, 5) is 13.4. The van der Waals surface area contributed by atoms with Crippen LogP contribution >= 0.6 is 0 Å². The zero-order chi connectivity index (χ0) is 13.0. The number of primary amides is 1. The average Bonchev–Trinajstić information content (AvgIpc) is 2.20. The van der Waals surface area contributed by atoms with Crippen molar-refractivity contribution in [1.29, 1.82) is 0 Å². The lowest BCUT2D eigenvalue weighted by Crippen LogP contribution is -2.45. The summed E-state index contributed by atoms with van der Waals surface area (Å²) in [7, 11) is 1.91. The maximum Gasteiger partial charge on any atom is 0.235 e. The highest BCUT2D eigenvalue weighted by Crippen LogP contribution is 2.13. The van der Waals surface area contributed by atoms with Crippen LogP contribution in [0.3, 0.4) is 0 Å². The van der Waals surface area contributed by atoms with Gasteiger partial charge < -0.3 is 11.5 Å². The number of benzene rings is 1. The lowest BCUT2D eigenvalue weighted by atomic mass is 10.0. The number of amides is 1. The molecule has 0 bridgehead atoms. The van der Waals surface area contributed by atoms with Crippen LogP contribution in [0.2, 0.25) is 0 Å². The van der Waals surface area contributed by atoms with E-state index in [4.69, 9.17) is 11.5 Å². The van der Waals surface area contributed by atoms with E-state index in [-0.39, 0.29) is 17.9 Å². The lowest BCUT2D eigenvalue weighted by Gasteiger charge is -2.28. The SMILES string of the molecule is CC(C)C(C(N)=O)N(C)Cc1ccc(N)cc1. The minimum Gasteiger partial charge on any atom is -0.399 e. The van der Waals surface area contributed by atoms with Crippen LogP contribution in [0.4, 0.5) is 5.69 Å². The monoisotopic (exact) mass is 235 g/mol. The fraction of sp³-hybridized carbons (Fsp3) is 0.462. The van der Waals surface area contributed by atoms with E-state index in [2.05, 4.69) is 0 Å². The lowest BCUT2D eigenvalue weighted by molar-refractivity contribution is -0.124. The van der Waals surface area contributed by atoms with Crippen molar-refractivity contribution in [3.05, 3.63) is 29.8 Å². The molecule has 0 fully saturated rings. The van der Waals surface area contributed by atoms with Gasteiger partial charge in [0.15, 0.2) is 0 Å².